The largest absolute Gasteiger partial charge is 0.280 e. The number of carbonyl (C=O) groups excluding carboxylic acids is 2. The van der Waals surface area contributed by atoms with Crippen LogP contribution in [0.5, 0.6) is 0 Å². The molecule has 0 spiro atoms. The molecule has 0 bridgehead atoms. The Labute approximate surface area is 148 Å². The summed E-state index contributed by atoms with van der Waals surface area (Å²) in [6.07, 6.45) is 2.86. The Kier molecular flexibility index (Phi) is 3.85. The summed E-state index contributed by atoms with van der Waals surface area (Å²) in [5.41, 5.74) is 0.356. The van der Waals surface area contributed by atoms with Crippen molar-refractivity contribution in [2.45, 2.75) is 30.3 Å². The first-order valence-corrected chi connectivity index (χ1v) is 9.47. The van der Waals surface area contributed by atoms with Gasteiger partial charge in [-0.1, -0.05) is 6.07 Å². The first-order chi connectivity index (χ1) is 12.4. The van der Waals surface area contributed by atoms with Gasteiger partial charge >= 0.3 is 0 Å². The molecule has 2 aliphatic rings. The van der Waals surface area contributed by atoms with Crippen molar-refractivity contribution in [2.75, 3.05) is 0 Å². The lowest BCUT2D eigenvalue weighted by Gasteiger charge is -2.17. The maximum Gasteiger partial charge on any atom is 0.280 e. The van der Waals surface area contributed by atoms with E-state index in [0.717, 1.165) is 29.9 Å². The number of rotatable bonds is 5. The van der Waals surface area contributed by atoms with Crippen molar-refractivity contribution in [3.63, 3.8) is 0 Å². The van der Waals surface area contributed by atoms with Crippen molar-refractivity contribution in [3.8, 4) is 0 Å². The molecule has 1 saturated carbocycles. The van der Waals surface area contributed by atoms with Crippen LogP contribution in [0.4, 0.5) is 4.39 Å². The fourth-order valence-corrected chi connectivity index (χ4v) is 4.37. The molecule has 1 aromatic heterocycles. The molecule has 0 radical (unpaired) electrons. The zero-order valence-corrected chi connectivity index (χ0v) is 14.3. The lowest BCUT2D eigenvalue weighted by Crippen LogP contribution is -2.32. The van der Waals surface area contributed by atoms with E-state index in [4.69, 9.17) is 0 Å². The predicted octanol–water partition coefficient (Wildman–Crippen LogP) is 1.46. The summed E-state index contributed by atoms with van der Waals surface area (Å²) < 4.78 is 41.2. The number of nitrogens with one attached hydrogen (secondary N) is 1. The normalized spacial score (nSPS) is 16.9. The zero-order chi connectivity index (χ0) is 18.5. The highest BCUT2D eigenvalue weighted by molar-refractivity contribution is 7.89. The molecule has 2 amide bonds. The van der Waals surface area contributed by atoms with Crippen molar-refractivity contribution >= 4 is 21.8 Å². The monoisotopic (exact) mass is 375 g/mol. The average molecular weight is 375 g/mol. The summed E-state index contributed by atoms with van der Waals surface area (Å²) in [6.45, 7) is -0.283. The fourth-order valence-electron chi connectivity index (χ4n) is 2.82. The van der Waals surface area contributed by atoms with Gasteiger partial charge in [-0.25, -0.2) is 17.5 Å². The van der Waals surface area contributed by atoms with Crippen LogP contribution in [-0.2, 0) is 16.6 Å². The summed E-state index contributed by atoms with van der Waals surface area (Å²) >= 11 is 0. The van der Waals surface area contributed by atoms with Crippen LogP contribution in [0.2, 0.25) is 0 Å². The van der Waals surface area contributed by atoms with Crippen LogP contribution in [0.25, 0.3) is 0 Å². The van der Waals surface area contributed by atoms with E-state index in [2.05, 4.69) is 9.71 Å². The summed E-state index contributed by atoms with van der Waals surface area (Å²) in [4.78, 5) is 29.4. The second-order valence-corrected chi connectivity index (χ2v) is 7.93. The second-order valence-electron chi connectivity index (χ2n) is 6.24. The first kappa shape index (κ1) is 16.8. The molecule has 1 aromatic carbocycles. The van der Waals surface area contributed by atoms with E-state index in [1.165, 1.54) is 18.3 Å². The van der Waals surface area contributed by atoms with Gasteiger partial charge in [0.25, 0.3) is 11.8 Å². The molecule has 1 aliphatic carbocycles. The number of fused-ring (bicyclic) bond motifs is 1. The SMILES string of the molecule is O=C1c2cccnc2C(=O)N1Cc1ccc(F)cc1S(=O)(=O)NC1CC1. The van der Waals surface area contributed by atoms with Gasteiger partial charge in [0.1, 0.15) is 11.5 Å². The van der Waals surface area contributed by atoms with Crippen LogP contribution in [0, 0.1) is 5.82 Å². The molecule has 9 heteroatoms. The Morgan fingerprint density at radius 3 is 2.65 bits per heavy atom. The third kappa shape index (κ3) is 2.89. The molecule has 1 fully saturated rings. The number of carbonyl (C=O) groups is 2. The minimum absolute atomic E-state index is 0.0279. The Morgan fingerprint density at radius 2 is 1.96 bits per heavy atom. The highest BCUT2D eigenvalue weighted by Crippen LogP contribution is 2.27. The van der Waals surface area contributed by atoms with Crippen LogP contribution in [-0.4, -0.2) is 36.2 Å². The summed E-state index contributed by atoms with van der Waals surface area (Å²) in [5, 5.41) is 0. The number of imide groups is 1. The molecule has 2 aromatic rings. The highest BCUT2D eigenvalue weighted by Gasteiger charge is 2.38. The first-order valence-electron chi connectivity index (χ1n) is 7.99. The molecule has 0 saturated heterocycles. The van der Waals surface area contributed by atoms with Crippen LogP contribution in [0.15, 0.2) is 41.4 Å². The average Bonchev–Trinajstić information content (AvgIpc) is 3.38. The van der Waals surface area contributed by atoms with E-state index in [1.807, 2.05) is 0 Å². The molecule has 134 valence electrons. The molecule has 1 aliphatic heterocycles. The number of halogens is 1. The van der Waals surface area contributed by atoms with Crippen LogP contribution in [0.3, 0.4) is 0 Å². The summed E-state index contributed by atoms with van der Waals surface area (Å²) in [5.74, 6) is -1.87. The van der Waals surface area contributed by atoms with Gasteiger partial charge in [0.15, 0.2) is 0 Å². The maximum atomic E-state index is 13.7. The van der Waals surface area contributed by atoms with Gasteiger partial charge < -0.3 is 0 Å². The Morgan fingerprint density at radius 1 is 1.19 bits per heavy atom. The van der Waals surface area contributed by atoms with Crippen LogP contribution >= 0.6 is 0 Å². The lowest BCUT2D eigenvalue weighted by molar-refractivity contribution is 0.0639. The zero-order valence-electron chi connectivity index (χ0n) is 13.5. The Bertz CT molecular complexity index is 999. The third-order valence-electron chi connectivity index (χ3n) is 4.28. The van der Waals surface area contributed by atoms with Crippen LogP contribution in [0.1, 0.15) is 39.3 Å². The van der Waals surface area contributed by atoms with E-state index in [9.17, 15) is 22.4 Å². The highest BCUT2D eigenvalue weighted by atomic mass is 32.2. The lowest BCUT2D eigenvalue weighted by atomic mass is 10.2. The Hall–Kier alpha value is -2.65. The van der Waals surface area contributed by atoms with Gasteiger partial charge in [-0.15, -0.1) is 0 Å². The van der Waals surface area contributed by atoms with Crippen molar-refractivity contribution in [2.24, 2.45) is 0 Å². The predicted molar refractivity (Wildman–Crippen MR) is 88.2 cm³/mol. The molecular weight excluding hydrogens is 361 g/mol. The van der Waals surface area contributed by atoms with Gasteiger partial charge in [0, 0.05) is 12.2 Å². The van der Waals surface area contributed by atoms with Gasteiger partial charge in [0.2, 0.25) is 10.0 Å². The smallest absolute Gasteiger partial charge is 0.268 e. The molecule has 0 unspecified atom stereocenters. The molecule has 7 nitrogen and oxygen atoms in total. The Balaban J connectivity index is 1.69. The van der Waals surface area contributed by atoms with E-state index in [1.54, 1.807) is 6.07 Å². The van der Waals surface area contributed by atoms with Gasteiger partial charge in [-0.2, -0.15) is 0 Å². The van der Waals surface area contributed by atoms with Gasteiger partial charge in [-0.05, 0) is 42.7 Å². The minimum atomic E-state index is -3.95. The van der Waals surface area contributed by atoms with E-state index >= 15 is 0 Å². The molecule has 1 N–H and O–H groups in total. The number of nitrogens with zero attached hydrogens (tertiary/aromatic N) is 2. The second kappa shape index (κ2) is 5.96. The van der Waals surface area contributed by atoms with Crippen molar-refractivity contribution in [1.29, 1.82) is 0 Å². The number of amides is 2. The summed E-state index contributed by atoms with van der Waals surface area (Å²) in [7, 11) is -3.95. The van der Waals surface area contributed by atoms with Crippen molar-refractivity contribution in [1.82, 2.24) is 14.6 Å². The fraction of sp³-hybridized carbons (Fsp3) is 0.235. The number of aromatic nitrogens is 1. The minimum Gasteiger partial charge on any atom is -0.268 e. The van der Waals surface area contributed by atoms with E-state index in [0.29, 0.717) is 0 Å². The molecule has 0 atom stereocenters. The third-order valence-corrected chi connectivity index (χ3v) is 5.88. The number of sulfonamides is 1. The number of hydrogen-bond donors (Lipinski definition) is 1. The molecule has 4 rings (SSSR count). The standard InChI is InChI=1S/C17H14FN3O4S/c18-11-4-3-10(14(8-11)26(24,25)20-12-5-6-12)9-21-16(22)13-2-1-7-19-15(13)17(21)23/h1-4,7-8,12,20H,5-6,9H2. The van der Waals surface area contributed by atoms with Crippen LogP contribution < -0.4 is 4.72 Å². The molecule has 2 heterocycles. The topological polar surface area (TPSA) is 96.4 Å². The van der Waals surface area contributed by atoms with E-state index in [-0.39, 0.29) is 34.3 Å². The van der Waals surface area contributed by atoms with Gasteiger partial charge in [-0.3, -0.25) is 19.5 Å². The maximum absolute atomic E-state index is 13.7. The van der Waals surface area contributed by atoms with Crippen molar-refractivity contribution in [3.05, 3.63) is 59.2 Å². The van der Waals surface area contributed by atoms with Crippen molar-refractivity contribution < 1.29 is 22.4 Å². The molecular formula is C17H14FN3O4S. The van der Waals surface area contributed by atoms with E-state index < -0.39 is 27.7 Å². The van der Waals surface area contributed by atoms with Gasteiger partial charge in [0.05, 0.1) is 17.0 Å². The quantitative estimate of drug-likeness (QED) is 0.798. The number of hydrogen-bond acceptors (Lipinski definition) is 5. The number of benzene rings is 1. The molecule has 26 heavy (non-hydrogen) atoms. The number of pyridine rings is 1. The summed E-state index contributed by atoms with van der Waals surface area (Å²) in [6, 6.07) is 6.14.